The maximum atomic E-state index is 12.8. The third kappa shape index (κ3) is 1.26. The van der Waals surface area contributed by atoms with Gasteiger partial charge in [0, 0.05) is 6.07 Å². The second-order valence-corrected chi connectivity index (χ2v) is 2.56. The van der Waals surface area contributed by atoms with Crippen LogP contribution in [-0.4, -0.2) is 9.55 Å². The predicted molar refractivity (Wildman–Crippen MR) is 44.9 cm³/mol. The van der Waals surface area contributed by atoms with Gasteiger partial charge in [-0.1, -0.05) is 0 Å². The lowest BCUT2D eigenvalue weighted by molar-refractivity contribution is 0.515. The average molecular weight is 196 g/mol. The maximum absolute atomic E-state index is 12.8. The fourth-order valence-electron chi connectivity index (χ4n) is 1.02. The van der Waals surface area contributed by atoms with Gasteiger partial charge in [-0.2, -0.15) is 4.39 Å². The van der Waals surface area contributed by atoms with Crippen LogP contribution in [0, 0.1) is 5.82 Å². The van der Waals surface area contributed by atoms with Crippen molar-refractivity contribution in [1.82, 2.24) is 9.55 Å². The van der Waals surface area contributed by atoms with E-state index in [0.717, 1.165) is 10.8 Å². The van der Waals surface area contributed by atoms with E-state index < -0.39 is 17.1 Å². The summed E-state index contributed by atoms with van der Waals surface area (Å²) >= 11 is 0. The number of furan rings is 1. The molecule has 2 rings (SSSR count). The van der Waals surface area contributed by atoms with Crippen molar-refractivity contribution in [1.29, 1.82) is 0 Å². The number of rotatable bonds is 1. The van der Waals surface area contributed by atoms with E-state index in [9.17, 15) is 14.0 Å². The fourth-order valence-corrected chi connectivity index (χ4v) is 1.02. The Morgan fingerprint density at radius 3 is 2.86 bits per heavy atom. The first kappa shape index (κ1) is 8.49. The molecule has 0 aliphatic heterocycles. The highest BCUT2D eigenvalue weighted by atomic mass is 19.1. The third-order valence-electron chi connectivity index (χ3n) is 1.64. The predicted octanol–water partition coefficient (Wildman–Crippen LogP) is 0.258. The van der Waals surface area contributed by atoms with Gasteiger partial charge in [0.15, 0.2) is 0 Å². The molecular weight excluding hydrogens is 191 g/mol. The van der Waals surface area contributed by atoms with Crippen LogP contribution in [0.3, 0.4) is 0 Å². The van der Waals surface area contributed by atoms with Gasteiger partial charge in [-0.05, 0) is 6.07 Å². The zero-order valence-corrected chi connectivity index (χ0v) is 6.86. The Labute approximate surface area is 76.4 Å². The van der Waals surface area contributed by atoms with Crippen molar-refractivity contribution in [3.63, 3.8) is 0 Å². The quantitative estimate of drug-likeness (QED) is 0.711. The monoisotopic (exact) mass is 196 g/mol. The first-order valence-corrected chi connectivity index (χ1v) is 3.74. The van der Waals surface area contributed by atoms with Crippen LogP contribution < -0.4 is 11.2 Å². The molecule has 6 heteroatoms. The lowest BCUT2D eigenvalue weighted by Gasteiger charge is -1.98. The number of aromatic amines is 1. The molecule has 0 spiro atoms. The summed E-state index contributed by atoms with van der Waals surface area (Å²) in [5.41, 5.74) is -1.79. The van der Waals surface area contributed by atoms with Crippen molar-refractivity contribution in [2.75, 3.05) is 0 Å². The zero-order valence-electron chi connectivity index (χ0n) is 6.86. The molecule has 2 aromatic heterocycles. The lowest BCUT2D eigenvalue weighted by atomic mass is 10.5. The summed E-state index contributed by atoms with van der Waals surface area (Å²) in [6, 6.07) is 3.02. The molecule has 5 nitrogen and oxygen atoms in total. The summed E-state index contributed by atoms with van der Waals surface area (Å²) < 4.78 is 18.5. The van der Waals surface area contributed by atoms with Crippen LogP contribution in [0.15, 0.2) is 38.6 Å². The molecule has 0 amide bonds. The second kappa shape index (κ2) is 2.99. The standard InChI is InChI=1S/C8H5FN2O3/c9-5-4-11(6-2-1-3-14-6)8(13)10-7(5)12/h1-4H,(H,10,12,13). The smallest absolute Gasteiger partial charge is 0.335 e. The van der Waals surface area contributed by atoms with Gasteiger partial charge in [0.05, 0.1) is 12.5 Å². The zero-order chi connectivity index (χ0) is 10.1. The highest BCUT2D eigenvalue weighted by Gasteiger charge is 2.06. The molecule has 0 saturated heterocycles. The molecular formula is C8H5FN2O3. The van der Waals surface area contributed by atoms with E-state index in [1.54, 1.807) is 6.07 Å². The first-order valence-electron chi connectivity index (χ1n) is 3.74. The number of aromatic nitrogens is 2. The summed E-state index contributed by atoms with van der Waals surface area (Å²) in [7, 11) is 0. The average Bonchev–Trinajstić information content (AvgIpc) is 2.64. The van der Waals surface area contributed by atoms with Gasteiger partial charge in [-0.25, -0.2) is 9.36 Å². The maximum Gasteiger partial charge on any atom is 0.335 e. The van der Waals surface area contributed by atoms with E-state index in [-0.39, 0.29) is 5.88 Å². The van der Waals surface area contributed by atoms with E-state index >= 15 is 0 Å². The van der Waals surface area contributed by atoms with Gasteiger partial charge in [0.2, 0.25) is 11.7 Å². The molecule has 14 heavy (non-hydrogen) atoms. The van der Waals surface area contributed by atoms with Gasteiger partial charge in [0.1, 0.15) is 0 Å². The van der Waals surface area contributed by atoms with Crippen LogP contribution in [0.4, 0.5) is 4.39 Å². The van der Waals surface area contributed by atoms with Crippen molar-refractivity contribution in [3.8, 4) is 5.88 Å². The van der Waals surface area contributed by atoms with E-state index in [4.69, 9.17) is 4.42 Å². The summed E-state index contributed by atoms with van der Waals surface area (Å²) in [4.78, 5) is 23.7. The van der Waals surface area contributed by atoms with Crippen LogP contribution in [0.2, 0.25) is 0 Å². The Kier molecular flexibility index (Phi) is 1.81. The van der Waals surface area contributed by atoms with E-state index in [1.807, 2.05) is 4.98 Å². The van der Waals surface area contributed by atoms with Crippen LogP contribution in [0.5, 0.6) is 0 Å². The van der Waals surface area contributed by atoms with Crippen molar-refractivity contribution >= 4 is 0 Å². The molecule has 0 aliphatic carbocycles. The van der Waals surface area contributed by atoms with Crippen molar-refractivity contribution in [2.45, 2.75) is 0 Å². The van der Waals surface area contributed by atoms with Crippen LogP contribution in [-0.2, 0) is 0 Å². The Morgan fingerprint density at radius 2 is 2.21 bits per heavy atom. The summed E-state index contributed by atoms with van der Waals surface area (Å²) in [6.07, 6.45) is 2.12. The van der Waals surface area contributed by atoms with E-state index in [2.05, 4.69) is 0 Å². The van der Waals surface area contributed by atoms with Gasteiger partial charge >= 0.3 is 5.69 Å². The summed E-state index contributed by atoms with van der Waals surface area (Å²) in [6.45, 7) is 0. The van der Waals surface area contributed by atoms with Crippen molar-refractivity contribution in [2.24, 2.45) is 0 Å². The van der Waals surface area contributed by atoms with Crippen LogP contribution in [0.1, 0.15) is 0 Å². The van der Waals surface area contributed by atoms with Gasteiger partial charge < -0.3 is 4.42 Å². The highest BCUT2D eigenvalue weighted by molar-refractivity contribution is 5.17. The Morgan fingerprint density at radius 1 is 1.43 bits per heavy atom. The number of hydrogen-bond acceptors (Lipinski definition) is 3. The molecule has 72 valence electrons. The molecule has 1 N–H and O–H groups in total. The Hall–Kier alpha value is -2.11. The minimum atomic E-state index is -1.04. The van der Waals surface area contributed by atoms with Gasteiger partial charge in [-0.15, -0.1) is 0 Å². The molecule has 0 saturated carbocycles. The Balaban J connectivity index is 2.72. The molecule has 0 aliphatic rings. The van der Waals surface area contributed by atoms with E-state index in [1.165, 1.54) is 12.3 Å². The molecule has 0 unspecified atom stereocenters. The van der Waals surface area contributed by atoms with Gasteiger partial charge in [0.25, 0.3) is 5.56 Å². The normalized spacial score (nSPS) is 10.4. The Bertz CT molecular complexity index is 553. The number of nitrogens with one attached hydrogen (secondary N) is 1. The fraction of sp³-hybridized carbons (Fsp3) is 0. The molecule has 0 aromatic carbocycles. The molecule has 0 fully saturated rings. The van der Waals surface area contributed by atoms with E-state index in [0.29, 0.717) is 0 Å². The second-order valence-electron chi connectivity index (χ2n) is 2.56. The molecule has 0 bridgehead atoms. The first-order chi connectivity index (χ1) is 6.68. The summed E-state index contributed by atoms with van der Waals surface area (Å²) in [5.74, 6) is -0.897. The lowest BCUT2D eigenvalue weighted by Crippen LogP contribution is -2.30. The molecule has 0 atom stereocenters. The topological polar surface area (TPSA) is 68.0 Å². The SMILES string of the molecule is O=c1[nH]c(=O)n(-c2ccco2)cc1F. The van der Waals surface area contributed by atoms with Crippen molar-refractivity contribution in [3.05, 3.63) is 51.2 Å². The molecule has 0 radical (unpaired) electrons. The number of halogens is 1. The number of H-pyrrole nitrogens is 1. The summed E-state index contributed by atoms with van der Waals surface area (Å²) in [5, 5.41) is 0. The minimum Gasteiger partial charge on any atom is -0.448 e. The molecule has 2 aromatic rings. The number of hydrogen-bond donors (Lipinski definition) is 1. The van der Waals surface area contributed by atoms with Gasteiger partial charge in [-0.3, -0.25) is 9.78 Å². The minimum absolute atomic E-state index is 0.144. The number of nitrogens with zero attached hydrogens (tertiary/aromatic N) is 1. The highest BCUT2D eigenvalue weighted by Crippen LogP contribution is 2.03. The van der Waals surface area contributed by atoms with Crippen LogP contribution in [0.25, 0.3) is 5.88 Å². The molecule has 2 heterocycles. The van der Waals surface area contributed by atoms with Crippen LogP contribution >= 0.6 is 0 Å². The third-order valence-corrected chi connectivity index (χ3v) is 1.64. The van der Waals surface area contributed by atoms with Crippen molar-refractivity contribution < 1.29 is 8.81 Å². The largest absolute Gasteiger partial charge is 0.448 e.